The van der Waals surface area contributed by atoms with E-state index < -0.39 is 0 Å². The number of allylic oxidation sites excluding steroid dienone is 4. The molecule has 3 heterocycles. The monoisotopic (exact) mass is 758 g/mol. The summed E-state index contributed by atoms with van der Waals surface area (Å²) in [4.78, 5) is 26.3. The third-order valence-electron chi connectivity index (χ3n) is 11.0. The van der Waals surface area contributed by atoms with Crippen LogP contribution in [-0.2, 0) is 0 Å². The van der Waals surface area contributed by atoms with Crippen molar-refractivity contribution < 1.29 is 0 Å². The SMILES string of the molecule is C=C1/C=C\C=C/CN(c2ccccc2-n2c3ccccc3c(=O)c3ccccc32)c2ccc(-c3cccc(-c4nc(-c5ccccc5)cc(-c5ccccc5)n4)c3)cc21. The van der Waals surface area contributed by atoms with Crippen LogP contribution in [-0.4, -0.2) is 21.1 Å². The zero-order valence-corrected chi connectivity index (χ0v) is 32.2. The zero-order chi connectivity index (χ0) is 39.7. The highest BCUT2D eigenvalue weighted by atomic mass is 16.1. The van der Waals surface area contributed by atoms with Gasteiger partial charge >= 0.3 is 0 Å². The van der Waals surface area contributed by atoms with Gasteiger partial charge in [-0.3, -0.25) is 4.79 Å². The van der Waals surface area contributed by atoms with E-state index in [-0.39, 0.29) is 5.43 Å². The number of hydrogen-bond acceptors (Lipinski definition) is 4. The van der Waals surface area contributed by atoms with Gasteiger partial charge in [0.05, 0.1) is 33.8 Å². The summed E-state index contributed by atoms with van der Waals surface area (Å²) in [7, 11) is 0. The fraction of sp³-hybridized carbons (Fsp3) is 0.0185. The van der Waals surface area contributed by atoms with Gasteiger partial charge < -0.3 is 9.47 Å². The molecule has 1 aliphatic heterocycles. The van der Waals surface area contributed by atoms with Gasteiger partial charge in [-0.1, -0.05) is 152 Å². The maximum atomic E-state index is 13.7. The molecule has 7 aromatic carbocycles. The lowest BCUT2D eigenvalue weighted by atomic mass is 9.95. The summed E-state index contributed by atoms with van der Waals surface area (Å²) < 4.78 is 2.22. The number of aromatic nitrogens is 3. The van der Waals surface area contributed by atoms with Crippen LogP contribution in [0.4, 0.5) is 11.4 Å². The number of para-hydroxylation sites is 4. The van der Waals surface area contributed by atoms with Crippen molar-refractivity contribution >= 4 is 38.8 Å². The van der Waals surface area contributed by atoms with Crippen LogP contribution in [0.25, 0.3) is 78.1 Å². The molecule has 0 bridgehead atoms. The topological polar surface area (TPSA) is 51.0 Å². The maximum absolute atomic E-state index is 13.7. The molecule has 0 unspecified atom stereocenters. The van der Waals surface area contributed by atoms with E-state index in [0.29, 0.717) is 23.1 Å². The first-order valence-corrected chi connectivity index (χ1v) is 19.8. The molecule has 0 fully saturated rings. The Morgan fingerprint density at radius 2 is 1.03 bits per heavy atom. The molecular weight excluding hydrogens is 721 g/mol. The van der Waals surface area contributed by atoms with E-state index in [0.717, 1.165) is 78.4 Å². The minimum atomic E-state index is 0.0343. The minimum absolute atomic E-state index is 0.0343. The van der Waals surface area contributed by atoms with E-state index in [1.54, 1.807) is 0 Å². The fourth-order valence-electron chi connectivity index (χ4n) is 8.11. The summed E-state index contributed by atoms with van der Waals surface area (Å²) in [5.41, 5.74) is 13.5. The van der Waals surface area contributed by atoms with Crippen LogP contribution in [0.2, 0.25) is 0 Å². The molecule has 0 spiro atoms. The van der Waals surface area contributed by atoms with Crippen molar-refractivity contribution in [3.63, 3.8) is 0 Å². The van der Waals surface area contributed by atoms with Gasteiger partial charge in [-0.05, 0) is 77.4 Å². The molecule has 59 heavy (non-hydrogen) atoms. The van der Waals surface area contributed by atoms with E-state index >= 15 is 0 Å². The number of anilines is 2. The summed E-state index contributed by atoms with van der Waals surface area (Å²) in [5, 5.41) is 1.37. The molecule has 0 aliphatic carbocycles. The van der Waals surface area contributed by atoms with Crippen LogP contribution in [0.15, 0.2) is 218 Å². The van der Waals surface area contributed by atoms with Crippen LogP contribution in [0.1, 0.15) is 5.56 Å². The second-order valence-electron chi connectivity index (χ2n) is 14.6. The van der Waals surface area contributed by atoms with Crippen LogP contribution >= 0.6 is 0 Å². The first-order chi connectivity index (χ1) is 29.1. The van der Waals surface area contributed by atoms with Crippen molar-refractivity contribution in [1.82, 2.24) is 14.5 Å². The first-order valence-electron chi connectivity index (χ1n) is 19.8. The Kier molecular flexibility index (Phi) is 9.16. The summed E-state index contributed by atoms with van der Waals surface area (Å²) in [5.74, 6) is 0.665. The standard InChI is InChI=1S/C54H38N4O/c1-37-18-5-4-16-33-57(51-29-14-15-30-52(51)58-49-27-12-10-25-43(49)53(59)44-26-11-13-28-50(44)58)48-32-31-41(35-45(37)48)40-23-17-24-42(34-40)54-55-46(38-19-6-2-7-20-38)36-47(56-54)39-21-8-3-9-22-39/h2-32,34-36H,1,33H2/b16-4-,18-5-. The molecule has 0 atom stereocenters. The number of nitrogens with zero attached hydrogens (tertiary/aromatic N) is 4. The summed E-state index contributed by atoms with van der Waals surface area (Å²) in [6.07, 6.45) is 8.37. The lowest BCUT2D eigenvalue weighted by molar-refractivity contribution is 1.06. The van der Waals surface area contributed by atoms with E-state index in [1.807, 2.05) is 84.9 Å². The predicted molar refractivity (Wildman–Crippen MR) is 245 cm³/mol. The van der Waals surface area contributed by atoms with Gasteiger partial charge in [0, 0.05) is 45.3 Å². The molecule has 5 nitrogen and oxygen atoms in total. The van der Waals surface area contributed by atoms with Crippen molar-refractivity contribution in [3.8, 4) is 50.7 Å². The lowest BCUT2D eigenvalue weighted by Gasteiger charge is -2.30. The van der Waals surface area contributed by atoms with Crippen molar-refractivity contribution in [2.45, 2.75) is 0 Å². The smallest absolute Gasteiger partial charge is 0.197 e. The average molecular weight is 759 g/mol. The highest BCUT2D eigenvalue weighted by molar-refractivity contribution is 5.97. The second-order valence-corrected chi connectivity index (χ2v) is 14.6. The van der Waals surface area contributed by atoms with Crippen LogP contribution in [0.5, 0.6) is 0 Å². The second kappa shape index (κ2) is 15.2. The first kappa shape index (κ1) is 35.5. The molecule has 9 aromatic rings. The van der Waals surface area contributed by atoms with Gasteiger partial charge in [0.2, 0.25) is 0 Å². The number of rotatable bonds is 6. The van der Waals surface area contributed by atoms with Gasteiger partial charge in [0.1, 0.15) is 0 Å². The number of pyridine rings is 1. The highest BCUT2D eigenvalue weighted by Gasteiger charge is 2.22. The molecule has 0 N–H and O–H groups in total. The van der Waals surface area contributed by atoms with Crippen molar-refractivity contribution in [2.24, 2.45) is 0 Å². The Bertz CT molecular complexity index is 3060. The zero-order valence-electron chi connectivity index (χ0n) is 32.2. The van der Waals surface area contributed by atoms with Gasteiger partial charge in [0.15, 0.2) is 11.3 Å². The third-order valence-corrected chi connectivity index (χ3v) is 11.0. The van der Waals surface area contributed by atoms with Crippen LogP contribution < -0.4 is 10.3 Å². The number of hydrogen-bond donors (Lipinski definition) is 0. The molecule has 0 saturated carbocycles. The van der Waals surface area contributed by atoms with Crippen molar-refractivity contribution in [2.75, 3.05) is 11.4 Å². The van der Waals surface area contributed by atoms with Gasteiger partial charge in [0.25, 0.3) is 0 Å². The van der Waals surface area contributed by atoms with E-state index in [1.165, 1.54) is 0 Å². The molecular formula is C54H38N4O. The Morgan fingerprint density at radius 1 is 0.475 bits per heavy atom. The predicted octanol–water partition coefficient (Wildman–Crippen LogP) is 12.9. The molecule has 1 aliphatic rings. The minimum Gasteiger partial charge on any atom is -0.335 e. The Balaban J connectivity index is 1.10. The average Bonchev–Trinajstić information content (AvgIpc) is 3.38. The largest absolute Gasteiger partial charge is 0.335 e. The van der Waals surface area contributed by atoms with E-state index in [2.05, 4.69) is 137 Å². The molecule has 5 heteroatoms. The molecule has 10 rings (SSSR count). The molecule has 0 amide bonds. The Hall–Kier alpha value is -7.89. The Labute approximate surface area is 342 Å². The van der Waals surface area contributed by atoms with Crippen molar-refractivity contribution in [3.05, 3.63) is 229 Å². The van der Waals surface area contributed by atoms with E-state index in [9.17, 15) is 4.79 Å². The quantitative estimate of drug-likeness (QED) is 0.158. The Morgan fingerprint density at radius 3 is 1.71 bits per heavy atom. The maximum Gasteiger partial charge on any atom is 0.197 e. The number of benzene rings is 7. The molecule has 0 saturated heterocycles. The molecule has 2 aromatic heterocycles. The van der Waals surface area contributed by atoms with Crippen molar-refractivity contribution in [1.29, 1.82) is 0 Å². The van der Waals surface area contributed by atoms with Gasteiger partial charge in [-0.25, -0.2) is 9.97 Å². The van der Waals surface area contributed by atoms with E-state index in [4.69, 9.17) is 9.97 Å². The molecule has 280 valence electrons. The summed E-state index contributed by atoms with van der Waals surface area (Å²) in [6.45, 7) is 5.19. The summed E-state index contributed by atoms with van der Waals surface area (Å²) in [6, 6.07) is 61.9. The van der Waals surface area contributed by atoms with Gasteiger partial charge in [-0.15, -0.1) is 0 Å². The fourth-order valence-corrected chi connectivity index (χ4v) is 8.11. The van der Waals surface area contributed by atoms with Crippen LogP contribution in [0, 0.1) is 0 Å². The summed E-state index contributed by atoms with van der Waals surface area (Å²) >= 11 is 0. The van der Waals surface area contributed by atoms with Gasteiger partial charge in [-0.2, -0.15) is 0 Å². The third kappa shape index (κ3) is 6.65. The highest BCUT2D eigenvalue weighted by Crippen LogP contribution is 2.40. The normalized spacial score (nSPS) is 13.7. The number of fused-ring (bicyclic) bond motifs is 3. The van der Waals surface area contributed by atoms with Crippen LogP contribution in [0.3, 0.4) is 0 Å². The lowest BCUT2D eigenvalue weighted by Crippen LogP contribution is -2.21. The molecule has 0 radical (unpaired) electrons.